The largest absolute Gasteiger partial charge is 0.388 e. The molecule has 0 saturated carbocycles. The van der Waals surface area contributed by atoms with E-state index in [1.54, 1.807) is 0 Å². The zero-order valence-electron chi connectivity index (χ0n) is 12.1. The van der Waals surface area contributed by atoms with Gasteiger partial charge in [0.05, 0.1) is 6.10 Å². The van der Waals surface area contributed by atoms with Crippen molar-refractivity contribution in [3.63, 3.8) is 0 Å². The third kappa shape index (κ3) is 4.11. The molecule has 2 atom stereocenters. The predicted molar refractivity (Wildman–Crippen MR) is 77.3 cm³/mol. The second-order valence-corrected chi connectivity index (χ2v) is 5.93. The summed E-state index contributed by atoms with van der Waals surface area (Å²) in [5, 5.41) is 10.4. The summed E-state index contributed by atoms with van der Waals surface area (Å²) in [6.07, 6.45) is 0.595. The van der Waals surface area contributed by atoms with Crippen LogP contribution < -0.4 is 5.73 Å². The number of hydrogen-bond acceptors (Lipinski definition) is 2. The van der Waals surface area contributed by atoms with Crippen molar-refractivity contribution in [3.8, 4) is 0 Å². The van der Waals surface area contributed by atoms with Gasteiger partial charge in [-0.1, -0.05) is 52.0 Å². The van der Waals surface area contributed by atoms with E-state index in [-0.39, 0.29) is 5.92 Å². The molecule has 0 spiro atoms. The summed E-state index contributed by atoms with van der Waals surface area (Å²) < 4.78 is 0. The first-order valence-electron chi connectivity index (χ1n) is 6.92. The van der Waals surface area contributed by atoms with E-state index in [0.717, 1.165) is 12.0 Å². The van der Waals surface area contributed by atoms with Gasteiger partial charge in [-0.05, 0) is 35.9 Å². The molecule has 0 heterocycles. The van der Waals surface area contributed by atoms with Crippen LogP contribution in [0.2, 0.25) is 0 Å². The average molecular weight is 249 g/mol. The van der Waals surface area contributed by atoms with E-state index >= 15 is 0 Å². The van der Waals surface area contributed by atoms with E-state index in [1.807, 2.05) is 12.1 Å². The second kappa shape index (κ2) is 6.91. The summed E-state index contributed by atoms with van der Waals surface area (Å²) in [6, 6.07) is 8.28. The van der Waals surface area contributed by atoms with E-state index < -0.39 is 6.10 Å². The molecule has 0 aliphatic heterocycles. The molecule has 2 nitrogen and oxygen atoms in total. The van der Waals surface area contributed by atoms with Crippen molar-refractivity contribution < 1.29 is 5.11 Å². The Morgan fingerprint density at radius 1 is 1.17 bits per heavy atom. The minimum Gasteiger partial charge on any atom is -0.388 e. The van der Waals surface area contributed by atoms with Gasteiger partial charge in [-0.3, -0.25) is 0 Å². The van der Waals surface area contributed by atoms with E-state index in [2.05, 4.69) is 39.8 Å². The number of nitrogens with two attached hydrogens (primary N) is 1. The van der Waals surface area contributed by atoms with Gasteiger partial charge in [0.1, 0.15) is 0 Å². The molecule has 2 unspecified atom stereocenters. The van der Waals surface area contributed by atoms with Crippen molar-refractivity contribution in [1.29, 1.82) is 0 Å². The van der Waals surface area contributed by atoms with Crippen molar-refractivity contribution in [3.05, 3.63) is 35.4 Å². The second-order valence-electron chi connectivity index (χ2n) is 5.93. The molecule has 18 heavy (non-hydrogen) atoms. The summed E-state index contributed by atoms with van der Waals surface area (Å²) >= 11 is 0. The van der Waals surface area contributed by atoms with Crippen molar-refractivity contribution >= 4 is 0 Å². The first-order valence-corrected chi connectivity index (χ1v) is 6.92. The van der Waals surface area contributed by atoms with Crippen LogP contribution in [0.4, 0.5) is 0 Å². The van der Waals surface area contributed by atoms with Gasteiger partial charge >= 0.3 is 0 Å². The monoisotopic (exact) mass is 249 g/mol. The van der Waals surface area contributed by atoms with Gasteiger partial charge in [0.25, 0.3) is 0 Å². The molecular weight excluding hydrogens is 222 g/mol. The molecule has 3 N–H and O–H groups in total. The van der Waals surface area contributed by atoms with Crippen molar-refractivity contribution in [2.75, 3.05) is 6.54 Å². The smallest absolute Gasteiger partial charge is 0.0832 e. The van der Waals surface area contributed by atoms with Gasteiger partial charge < -0.3 is 10.8 Å². The highest BCUT2D eigenvalue weighted by molar-refractivity contribution is 5.26. The van der Waals surface area contributed by atoms with Crippen molar-refractivity contribution in [2.45, 2.75) is 40.2 Å². The van der Waals surface area contributed by atoms with Crippen LogP contribution in [0.5, 0.6) is 0 Å². The Hall–Kier alpha value is -0.860. The molecule has 0 aromatic heterocycles. The van der Waals surface area contributed by atoms with Crippen LogP contribution in [0.15, 0.2) is 24.3 Å². The van der Waals surface area contributed by atoms with Crippen LogP contribution in [0.25, 0.3) is 0 Å². The van der Waals surface area contributed by atoms with Crippen LogP contribution in [0.1, 0.15) is 44.9 Å². The van der Waals surface area contributed by atoms with Crippen LogP contribution in [-0.2, 0) is 6.42 Å². The van der Waals surface area contributed by atoms with E-state index in [1.165, 1.54) is 5.56 Å². The molecule has 0 saturated heterocycles. The lowest BCUT2D eigenvalue weighted by Crippen LogP contribution is -2.26. The van der Waals surface area contributed by atoms with E-state index in [0.29, 0.717) is 18.4 Å². The van der Waals surface area contributed by atoms with Gasteiger partial charge in [-0.2, -0.15) is 0 Å². The molecule has 0 radical (unpaired) electrons. The molecule has 1 aromatic rings. The van der Waals surface area contributed by atoms with E-state index in [9.17, 15) is 5.11 Å². The minimum absolute atomic E-state index is 0.124. The Kier molecular flexibility index (Phi) is 5.83. The van der Waals surface area contributed by atoms with Gasteiger partial charge in [-0.15, -0.1) is 0 Å². The average Bonchev–Trinajstić information content (AvgIpc) is 2.28. The van der Waals surface area contributed by atoms with E-state index in [4.69, 9.17) is 5.73 Å². The minimum atomic E-state index is -0.456. The molecule has 0 aliphatic rings. The summed E-state index contributed by atoms with van der Waals surface area (Å²) in [6.45, 7) is 9.16. The number of benzene rings is 1. The Morgan fingerprint density at radius 3 is 2.33 bits per heavy atom. The summed E-state index contributed by atoms with van der Waals surface area (Å²) in [7, 11) is 0. The highest BCUT2D eigenvalue weighted by atomic mass is 16.3. The number of rotatable bonds is 6. The number of aliphatic hydroxyl groups is 1. The van der Waals surface area contributed by atoms with Crippen molar-refractivity contribution in [2.24, 2.45) is 23.5 Å². The normalized spacial score (nSPS) is 15.1. The topological polar surface area (TPSA) is 46.2 Å². The van der Waals surface area contributed by atoms with Gasteiger partial charge in [-0.25, -0.2) is 0 Å². The third-order valence-electron chi connectivity index (χ3n) is 3.47. The third-order valence-corrected chi connectivity index (χ3v) is 3.47. The Morgan fingerprint density at radius 2 is 1.83 bits per heavy atom. The number of hydrogen-bond donors (Lipinski definition) is 2. The molecule has 0 fully saturated rings. The lowest BCUT2D eigenvalue weighted by atomic mass is 9.86. The quantitative estimate of drug-likeness (QED) is 0.813. The molecule has 0 aliphatic carbocycles. The van der Waals surface area contributed by atoms with Gasteiger partial charge in [0.2, 0.25) is 0 Å². The Bertz CT molecular complexity index is 360. The Balaban J connectivity index is 2.88. The highest BCUT2D eigenvalue weighted by Gasteiger charge is 2.22. The van der Waals surface area contributed by atoms with Crippen molar-refractivity contribution in [1.82, 2.24) is 0 Å². The maximum Gasteiger partial charge on any atom is 0.0832 e. The van der Waals surface area contributed by atoms with Crippen LogP contribution in [0, 0.1) is 17.8 Å². The Labute approximate surface area is 111 Å². The van der Waals surface area contributed by atoms with Gasteiger partial charge in [0, 0.05) is 5.92 Å². The first kappa shape index (κ1) is 15.2. The summed E-state index contributed by atoms with van der Waals surface area (Å²) in [5.74, 6) is 1.14. The fourth-order valence-corrected chi connectivity index (χ4v) is 2.39. The fourth-order valence-electron chi connectivity index (χ4n) is 2.39. The maximum atomic E-state index is 10.4. The SMILES string of the molecule is CC(C)Cc1cccc(C(O)C(CN)C(C)C)c1. The molecule has 0 bridgehead atoms. The lowest BCUT2D eigenvalue weighted by molar-refractivity contribution is 0.0860. The lowest BCUT2D eigenvalue weighted by Gasteiger charge is -2.25. The molecule has 1 aromatic carbocycles. The standard InChI is InChI=1S/C16H27NO/c1-11(2)8-13-6-5-7-14(9-13)16(18)15(10-17)12(3)4/h5-7,9,11-12,15-16,18H,8,10,17H2,1-4H3. The molecule has 0 amide bonds. The maximum absolute atomic E-state index is 10.4. The van der Waals surface area contributed by atoms with Gasteiger partial charge in [0.15, 0.2) is 0 Å². The van der Waals surface area contributed by atoms with Crippen LogP contribution >= 0.6 is 0 Å². The zero-order valence-corrected chi connectivity index (χ0v) is 12.1. The highest BCUT2D eigenvalue weighted by Crippen LogP contribution is 2.28. The molecule has 1 rings (SSSR count). The van der Waals surface area contributed by atoms with Crippen LogP contribution in [0.3, 0.4) is 0 Å². The molecular formula is C16H27NO. The summed E-state index contributed by atoms with van der Waals surface area (Å²) in [4.78, 5) is 0. The van der Waals surface area contributed by atoms with Crippen LogP contribution in [-0.4, -0.2) is 11.7 Å². The first-order chi connectivity index (χ1) is 8.45. The predicted octanol–water partition coefficient (Wildman–Crippen LogP) is 3.15. The zero-order chi connectivity index (χ0) is 13.7. The fraction of sp³-hybridized carbons (Fsp3) is 0.625. The number of aliphatic hydroxyl groups excluding tert-OH is 1. The molecule has 2 heteroatoms. The molecule has 102 valence electrons. The summed E-state index contributed by atoms with van der Waals surface area (Å²) in [5.41, 5.74) is 8.06.